The third kappa shape index (κ3) is 1.83. The molecule has 0 aromatic carbocycles. The Labute approximate surface area is 91.5 Å². The molecule has 0 amide bonds. The lowest BCUT2D eigenvalue weighted by molar-refractivity contribution is 0.103. The highest BCUT2D eigenvalue weighted by Crippen LogP contribution is 2.17. The van der Waals surface area contributed by atoms with Crippen molar-refractivity contribution in [3.63, 3.8) is 0 Å². The highest BCUT2D eigenvalue weighted by Gasteiger charge is 2.15. The number of hydrogen-bond acceptors (Lipinski definition) is 4. The summed E-state index contributed by atoms with van der Waals surface area (Å²) in [6, 6.07) is 1.89. The largest absolute Gasteiger partial charge is 0.286 e. The van der Waals surface area contributed by atoms with E-state index in [1.807, 2.05) is 25.3 Å². The van der Waals surface area contributed by atoms with E-state index in [-0.39, 0.29) is 5.78 Å². The van der Waals surface area contributed by atoms with Crippen molar-refractivity contribution in [1.82, 2.24) is 15.0 Å². The van der Waals surface area contributed by atoms with Crippen molar-refractivity contribution in [3.8, 4) is 0 Å². The first-order valence-electron chi connectivity index (χ1n) is 4.70. The van der Waals surface area contributed by atoms with E-state index >= 15 is 0 Å². The molecule has 0 aliphatic heterocycles. The van der Waals surface area contributed by atoms with E-state index in [0.29, 0.717) is 12.2 Å². The minimum absolute atomic E-state index is 0.0000463. The molecule has 2 aromatic rings. The van der Waals surface area contributed by atoms with Gasteiger partial charge in [0.05, 0.1) is 11.1 Å². The fourth-order valence-corrected chi connectivity index (χ4v) is 2.19. The first-order valence-corrected chi connectivity index (χ1v) is 5.58. The number of nitrogens with zero attached hydrogens (tertiary/aromatic N) is 3. The van der Waals surface area contributed by atoms with Crippen LogP contribution in [0.3, 0.4) is 0 Å². The lowest BCUT2D eigenvalue weighted by Crippen LogP contribution is -2.09. The van der Waals surface area contributed by atoms with Gasteiger partial charge in [-0.25, -0.2) is 4.68 Å². The number of ketones is 1. The second-order valence-electron chi connectivity index (χ2n) is 3.25. The molecule has 0 saturated carbocycles. The minimum Gasteiger partial charge on any atom is -0.286 e. The van der Waals surface area contributed by atoms with E-state index in [9.17, 15) is 4.79 Å². The molecule has 0 aliphatic carbocycles. The Balaban J connectivity index is 2.36. The topological polar surface area (TPSA) is 47.8 Å². The fourth-order valence-electron chi connectivity index (χ4n) is 1.34. The van der Waals surface area contributed by atoms with E-state index in [4.69, 9.17) is 0 Å². The quantitative estimate of drug-likeness (QED) is 0.744. The molecule has 0 aliphatic rings. The Morgan fingerprint density at radius 2 is 2.40 bits per heavy atom. The number of hydrogen-bond donors (Lipinski definition) is 0. The van der Waals surface area contributed by atoms with Gasteiger partial charge >= 0.3 is 0 Å². The van der Waals surface area contributed by atoms with E-state index in [0.717, 1.165) is 10.4 Å². The monoisotopic (exact) mass is 221 g/mol. The Hall–Kier alpha value is -1.49. The van der Waals surface area contributed by atoms with Crippen LogP contribution in [-0.2, 0) is 6.54 Å². The third-order valence-electron chi connectivity index (χ3n) is 2.10. The lowest BCUT2D eigenvalue weighted by Gasteiger charge is -1.99. The molecular weight excluding hydrogens is 210 g/mol. The Morgan fingerprint density at radius 1 is 1.60 bits per heavy atom. The minimum atomic E-state index is -0.0000463. The van der Waals surface area contributed by atoms with E-state index in [2.05, 4.69) is 10.3 Å². The van der Waals surface area contributed by atoms with Crippen molar-refractivity contribution in [3.05, 3.63) is 33.8 Å². The summed E-state index contributed by atoms with van der Waals surface area (Å²) < 4.78 is 1.61. The predicted octanol–water partition coefficient (Wildman–Crippen LogP) is 1.90. The average Bonchev–Trinajstić information content (AvgIpc) is 2.84. The summed E-state index contributed by atoms with van der Waals surface area (Å²) in [7, 11) is 0. The van der Waals surface area contributed by atoms with Crippen LogP contribution in [0.5, 0.6) is 0 Å². The SMILES string of the molecule is CCn1nncc1C(=O)c1cc(C)cs1. The van der Waals surface area contributed by atoms with Gasteiger partial charge in [-0.1, -0.05) is 5.21 Å². The summed E-state index contributed by atoms with van der Waals surface area (Å²) in [5.74, 6) is -0.0000463. The van der Waals surface area contributed by atoms with Gasteiger partial charge in [0.1, 0.15) is 5.69 Å². The molecule has 4 nitrogen and oxygen atoms in total. The van der Waals surface area contributed by atoms with Crippen molar-refractivity contribution in [1.29, 1.82) is 0 Å². The molecule has 0 saturated heterocycles. The van der Waals surface area contributed by atoms with Crippen LogP contribution in [0.4, 0.5) is 0 Å². The zero-order chi connectivity index (χ0) is 10.8. The molecular formula is C10H11N3OS. The van der Waals surface area contributed by atoms with Crippen molar-refractivity contribution in [2.24, 2.45) is 0 Å². The third-order valence-corrected chi connectivity index (χ3v) is 3.15. The Morgan fingerprint density at radius 3 is 3.00 bits per heavy atom. The first-order chi connectivity index (χ1) is 7.22. The normalized spacial score (nSPS) is 10.5. The highest BCUT2D eigenvalue weighted by molar-refractivity contribution is 7.12. The molecule has 15 heavy (non-hydrogen) atoms. The van der Waals surface area contributed by atoms with Gasteiger partial charge in [0.15, 0.2) is 0 Å². The maximum atomic E-state index is 12.0. The number of aromatic nitrogens is 3. The standard InChI is InChI=1S/C10H11N3OS/c1-3-13-8(5-11-12-13)10(14)9-4-7(2)6-15-9/h4-6H,3H2,1-2H3. The zero-order valence-corrected chi connectivity index (χ0v) is 9.41. The Bertz CT molecular complexity index is 486. The fraction of sp³-hybridized carbons (Fsp3) is 0.300. The van der Waals surface area contributed by atoms with Crippen LogP contribution >= 0.6 is 11.3 Å². The lowest BCUT2D eigenvalue weighted by atomic mass is 10.2. The van der Waals surface area contributed by atoms with Crippen LogP contribution in [0, 0.1) is 6.92 Å². The summed E-state index contributed by atoms with van der Waals surface area (Å²) in [6.45, 7) is 4.57. The molecule has 0 atom stereocenters. The van der Waals surface area contributed by atoms with Gasteiger partial charge in [-0.15, -0.1) is 16.4 Å². The maximum Gasteiger partial charge on any atom is 0.222 e. The molecule has 2 aromatic heterocycles. The number of carbonyl (C=O) groups excluding carboxylic acids is 1. The summed E-state index contributed by atoms with van der Waals surface area (Å²) >= 11 is 1.46. The van der Waals surface area contributed by atoms with Gasteiger partial charge in [-0.05, 0) is 30.9 Å². The van der Waals surface area contributed by atoms with Gasteiger partial charge in [-0.2, -0.15) is 0 Å². The van der Waals surface area contributed by atoms with Gasteiger partial charge in [-0.3, -0.25) is 4.79 Å². The van der Waals surface area contributed by atoms with Crippen LogP contribution in [0.15, 0.2) is 17.6 Å². The molecule has 2 heterocycles. The van der Waals surface area contributed by atoms with Crippen molar-refractivity contribution in [2.75, 3.05) is 0 Å². The smallest absolute Gasteiger partial charge is 0.222 e. The second-order valence-corrected chi connectivity index (χ2v) is 4.16. The predicted molar refractivity (Wildman–Crippen MR) is 58.2 cm³/mol. The summed E-state index contributed by atoms with van der Waals surface area (Å²) in [5.41, 5.74) is 1.67. The Kier molecular flexibility index (Phi) is 2.64. The van der Waals surface area contributed by atoms with Crippen molar-refractivity contribution < 1.29 is 4.79 Å². The molecule has 0 fully saturated rings. The van der Waals surface area contributed by atoms with Gasteiger partial charge < -0.3 is 0 Å². The number of thiophene rings is 1. The van der Waals surface area contributed by atoms with Crippen molar-refractivity contribution in [2.45, 2.75) is 20.4 Å². The van der Waals surface area contributed by atoms with Crippen LogP contribution in [-0.4, -0.2) is 20.8 Å². The maximum absolute atomic E-state index is 12.0. The van der Waals surface area contributed by atoms with Crippen LogP contribution in [0.1, 0.15) is 27.9 Å². The van der Waals surface area contributed by atoms with Gasteiger partial charge in [0.25, 0.3) is 0 Å². The van der Waals surface area contributed by atoms with Crippen molar-refractivity contribution >= 4 is 17.1 Å². The molecule has 0 unspecified atom stereocenters. The van der Waals surface area contributed by atoms with E-state index in [1.165, 1.54) is 17.5 Å². The number of aryl methyl sites for hydroxylation is 2. The molecule has 78 valence electrons. The summed E-state index contributed by atoms with van der Waals surface area (Å²) in [6.07, 6.45) is 1.51. The van der Waals surface area contributed by atoms with Gasteiger partial charge in [0, 0.05) is 6.54 Å². The summed E-state index contributed by atoms with van der Waals surface area (Å²) in [4.78, 5) is 12.8. The summed E-state index contributed by atoms with van der Waals surface area (Å²) in [5, 5.41) is 9.55. The number of rotatable bonds is 3. The molecule has 5 heteroatoms. The van der Waals surface area contributed by atoms with E-state index < -0.39 is 0 Å². The molecule has 0 N–H and O–H groups in total. The van der Waals surface area contributed by atoms with Crippen LogP contribution in [0.25, 0.3) is 0 Å². The van der Waals surface area contributed by atoms with Crippen LogP contribution in [0.2, 0.25) is 0 Å². The molecule has 0 bridgehead atoms. The molecule has 0 spiro atoms. The average molecular weight is 221 g/mol. The molecule has 0 radical (unpaired) electrons. The van der Waals surface area contributed by atoms with Crippen LogP contribution < -0.4 is 0 Å². The van der Waals surface area contributed by atoms with Gasteiger partial charge in [0.2, 0.25) is 5.78 Å². The molecule has 2 rings (SSSR count). The number of carbonyl (C=O) groups is 1. The van der Waals surface area contributed by atoms with E-state index in [1.54, 1.807) is 4.68 Å². The first kappa shape index (κ1) is 10.0. The zero-order valence-electron chi connectivity index (χ0n) is 8.60. The highest BCUT2D eigenvalue weighted by atomic mass is 32.1. The second kappa shape index (κ2) is 3.94.